The van der Waals surface area contributed by atoms with Gasteiger partial charge in [-0.2, -0.15) is 0 Å². The Bertz CT molecular complexity index is 1290. The van der Waals surface area contributed by atoms with Crippen molar-refractivity contribution in [1.82, 2.24) is 15.6 Å². The highest BCUT2D eigenvalue weighted by Gasteiger charge is 2.23. The first kappa shape index (κ1) is 26.6. The van der Waals surface area contributed by atoms with Crippen LogP contribution in [-0.4, -0.2) is 34.7 Å². The first-order chi connectivity index (χ1) is 17.9. The molecule has 0 spiro atoms. The van der Waals surface area contributed by atoms with E-state index in [2.05, 4.69) is 34.7 Å². The normalized spacial score (nSPS) is 12.8. The van der Waals surface area contributed by atoms with Crippen molar-refractivity contribution in [2.75, 3.05) is 6.54 Å². The Morgan fingerprint density at radius 1 is 1.00 bits per heavy atom. The monoisotopic (exact) mass is 521 g/mol. The summed E-state index contributed by atoms with van der Waals surface area (Å²) in [6.07, 6.45) is 1.71. The molecule has 1 heterocycles. The fourth-order valence-corrected chi connectivity index (χ4v) is 4.76. The van der Waals surface area contributed by atoms with Crippen molar-refractivity contribution >= 4 is 17.2 Å². The number of hydrogen-bond acceptors (Lipinski definition) is 5. The molecule has 4 rings (SSSR count). The lowest BCUT2D eigenvalue weighted by molar-refractivity contribution is 0.0830. The molecule has 0 saturated heterocycles. The number of halogens is 2. The molecule has 4 aromatic rings. The van der Waals surface area contributed by atoms with Crippen LogP contribution in [0.1, 0.15) is 34.0 Å². The standard InChI is InChI=1S/C29H29F2N3O2S/c1-2-19-4-3-5-20(12-19)17-32-18-27(35)26(15-21-13-24(30)16-25(31)14-21)34-28(36)22-6-8-23(9-7-22)29-33-10-11-37-29/h3-14,16,26-27,32,35H,2,15,17-18H2,1H3,(H,34,36)/t26-,27-/m0/s1. The predicted octanol–water partition coefficient (Wildman–Crippen LogP) is 5.14. The van der Waals surface area contributed by atoms with Crippen LogP contribution in [0.15, 0.2) is 78.3 Å². The van der Waals surface area contributed by atoms with Crippen LogP contribution in [0, 0.1) is 11.6 Å². The fourth-order valence-electron chi connectivity index (χ4n) is 4.11. The molecule has 8 heteroatoms. The molecule has 0 radical (unpaired) electrons. The Kier molecular flexibility index (Phi) is 9.11. The van der Waals surface area contributed by atoms with Gasteiger partial charge in [0.05, 0.1) is 12.1 Å². The van der Waals surface area contributed by atoms with E-state index in [4.69, 9.17) is 0 Å². The van der Waals surface area contributed by atoms with Crippen molar-refractivity contribution in [2.45, 2.75) is 38.5 Å². The van der Waals surface area contributed by atoms with Crippen LogP contribution in [0.4, 0.5) is 8.78 Å². The van der Waals surface area contributed by atoms with Gasteiger partial charge in [-0.3, -0.25) is 4.79 Å². The summed E-state index contributed by atoms with van der Waals surface area (Å²) >= 11 is 1.50. The fraction of sp³-hybridized carbons (Fsp3) is 0.241. The second-order valence-corrected chi connectivity index (χ2v) is 9.74. The van der Waals surface area contributed by atoms with E-state index in [-0.39, 0.29) is 18.9 Å². The summed E-state index contributed by atoms with van der Waals surface area (Å²) in [6.45, 7) is 2.81. The highest BCUT2D eigenvalue weighted by molar-refractivity contribution is 7.13. The zero-order valence-corrected chi connectivity index (χ0v) is 21.3. The Labute approximate surface area is 219 Å². The third kappa shape index (κ3) is 7.52. The minimum absolute atomic E-state index is 0.0613. The van der Waals surface area contributed by atoms with Gasteiger partial charge in [0.15, 0.2) is 0 Å². The zero-order valence-electron chi connectivity index (χ0n) is 20.5. The van der Waals surface area contributed by atoms with Gasteiger partial charge in [0.25, 0.3) is 5.91 Å². The maximum atomic E-state index is 13.8. The van der Waals surface area contributed by atoms with Gasteiger partial charge in [-0.25, -0.2) is 13.8 Å². The molecule has 0 bridgehead atoms. The molecular weight excluding hydrogens is 492 g/mol. The van der Waals surface area contributed by atoms with Gasteiger partial charge in [0.2, 0.25) is 0 Å². The average molecular weight is 522 g/mol. The number of aryl methyl sites for hydroxylation is 1. The molecule has 192 valence electrons. The van der Waals surface area contributed by atoms with Gasteiger partial charge < -0.3 is 15.7 Å². The Balaban J connectivity index is 1.45. The number of aliphatic hydroxyl groups excluding tert-OH is 1. The smallest absolute Gasteiger partial charge is 0.251 e. The summed E-state index contributed by atoms with van der Waals surface area (Å²) < 4.78 is 27.6. The molecule has 5 nitrogen and oxygen atoms in total. The minimum atomic E-state index is -1.00. The van der Waals surface area contributed by atoms with Gasteiger partial charge in [-0.05, 0) is 53.8 Å². The summed E-state index contributed by atoms with van der Waals surface area (Å²) in [6, 6.07) is 17.6. The number of nitrogens with zero attached hydrogens (tertiary/aromatic N) is 1. The van der Waals surface area contributed by atoms with Gasteiger partial charge in [0, 0.05) is 41.9 Å². The van der Waals surface area contributed by atoms with E-state index in [1.54, 1.807) is 18.3 Å². The van der Waals surface area contributed by atoms with E-state index < -0.39 is 23.8 Å². The molecule has 0 saturated carbocycles. The number of carbonyl (C=O) groups excluding carboxylic acids is 1. The summed E-state index contributed by atoms with van der Waals surface area (Å²) in [5.74, 6) is -1.80. The molecule has 0 unspecified atom stereocenters. The van der Waals surface area contributed by atoms with Gasteiger partial charge in [0.1, 0.15) is 16.6 Å². The van der Waals surface area contributed by atoms with Crippen molar-refractivity contribution in [3.8, 4) is 10.6 Å². The summed E-state index contributed by atoms with van der Waals surface area (Å²) in [7, 11) is 0. The SMILES string of the molecule is CCc1cccc(CNC[C@H](O)[C@H](Cc2cc(F)cc(F)c2)NC(=O)c2ccc(-c3nccs3)cc2)c1. The van der Waals surface area contributed by atoms with Crippen LogP contribution in [0.5, 0.6) is 0 Å². The largest absolute Gasteiger partial charge is 0.390 e. The molecule has 0 aliphatic heterocycles. The molecule has 2 atom stereocenters. The molecule has 0 aliphatic carbocycles. The number of rotatable bonds is 11. The number of thiazole rings is 1. The van der Waals surface area contributed by atoms with Crippen LogP contribution < -0.4 is 10.6 Å². The molecule has 1 aromatic heterocycles. The molecule has 3 N–H and O–H groups in total. The third-order valence-electron chi connectivity index (χ3n) is 6.07. The van der Waals surface area contributed by atoms with Crippen molar-refractivity contribution in [3.05, 3.63) is 112 Å². The van der Waals surface area contributed by atoms with E-state index >= 15 is 0 Å². The minimum Gasteiger partial charge on any atom is -0.390 e. The van der Waals surface area contributed by atoms with Crippen molar-refractivity contribution in [3.63, 3.8) is 0 Å². The zero-order chi connectivity index (χ0) is 26.2. The topological polar surface area (TPSA) is 74.2 Å². The van der Waals surface area contributed by atoms with E-state index in [0.29, 0.717) is 17.7 Å². The maximum Gasteiger partial charge on any atom is 0.251 e. The maximum absolute atomic E-state index is 13.8. The van der Waals surface area contributed by atoms with Crippen LogP contribution in [0.3, 0.4) is 0 Å². The van der Waals surface area contributed by atoms with Gasteiger partial charge >= 0.3 is 0 Å². The predicted molar refractivity (Wildman–Crippen MR) is 142 cm³/mol. The summed E-state index contributed by atoms with van der Waals surface area (Å²) in [5.41, 5.74) is 3.96. The number of hydrogen-bond donors (Lipinski definition) is 3. The van der Waals surface area contributed by atoms with E-state index in [1.165, 1.54) is 29.0 Å². The Morgan fingerprint density at radius 2 is 1.73 bits per heavy atom. The number of nitrogens with one attached hydrogen (secondary N) is 2. The van der Waals surface area contributed by atoms with Gasteiger partial charge in [-0.15, -0.1) is 11.3 Å². The second kappa shape index (κ2) is 12.7. The number of aliphatic hydroxyl groups is 1. The highest BCUT2D eigenvalue weighted by atomic mass is 32.1. The van der Waals surface area contributed by atoms with Crippen molar-refractivity contribution in [2.24, 2.45) is 0 Å². The highest BCUT2D eigenvalue weighted by Crippen LogP contribution is 2.22. The summed E-state index contributed by atoms with van der Waals surface area (Å²) in [5, 5.41) is 19.8. The van der Waals surface area contributed by atoms with Crippen LogP contribution >= 0.6 is 11.3 Å². The van der Waals surface area contributed by atoms with Crippen LogP contribution in [-0.2, 0) is 19.4 Å². The summed E-state index contributed by atoms with van der Waals surface area (Å²) in [4.78, 5) is 17.3. The first-order valence-corrected chi connectivity index (χ1v) is 13.0. The lowest BCUT2D eigenvalue weighted by Gasteiger charge is -2.25. The van der Waals surface area contributed by atoms with E-state index in [9.17, 15) is 18.7 Å². The van der Waals surface area contributed by atoms with Crippen molar-refractivity contribution in [1.29, 1.82) is 0 Å². The lowest BCUT2D eigenvalue weighted by Crippen LogP contribution is -2.48. The Hall–Kier alpha value is -3.46. The molecule has 1 amide bonds. The number of carbonyl (C=O) groups is 1. The van der Waals surface area contributed by atoms with E-state index in [1.807, 2.05) is 29.6 Å². The third-order valence-corrected chi connectivity index (χ3v) is 6.89. The number of aromatic nitrogens is 1. The molecule has 0 fully saturated rings. The van der Waals surface area contributed by atoms with Crippen molar-refractivity contribution < 1.29 is 18.7 Å². The van der Waals surface area contributed by atoms with Crippen LogP contribution in [0.25, 0.3) is 10.6 Å². The van der Waals surface area contributed by atoms with E-state index in [0.717, 1.165) is 28.6 Å². The molecular formula is C29H29F2N3O2S. The average Bonchev–Trinajstić information content (AvgIpc) is 3.43. The molecule has 0 aliphatic rings. The molecule has 37 heavy (non-hydrogen) atoms. The molecule has 3 aromatic carbocycles. The number of benzene rings is 3. The number of amides is 1. The first-order valence-electron chi connectivity index (χ1n) is 12.1. The van der Waals surface area contributed by atoms with Gasteiger partial charge in [-0.1, -0.05) is 43.3 Å². The van der Waals surface area contributed by atoms with Crippen LogP contribution in [0.2, 0.25) is 0 Å². The quantitative estimate of drug-likeness (QED) is 0.256. The Morgan fingerprint density at radius 3 is 2.41 bits per heavy atom. The lowest BCUT2D eigenvalue weighted by atomic mass is 9.99. The second-order valence-electron chi connectivity index (χ2n) is 8.85.